The Morgan fingerprint density at radius 2 is 1.62 bits per heavy atom. The number of carboxylic acid groups (broad SMARTS) is 1. The van der Waals surface area contributed by atoms with Gasteiger partial charge in [-0.2, -0.15) is 0 Å². The highest BCUT2D eigenvalue weighted by Gasteiger charge is 2.21. The average Bonchev–Trinajstić information content (AvgIpc) is 3.23. The first-order valence-corrected chi connectivity index (χ1v) is 10.6. The van der Waals surface area contributed by atoms with Crippen molar-refractivity contribution in [3.63, 3.8) is 0 Å². The van der Waals surface area contributed by atoms with Gasteiger partial charge in [-0.1, -0.05) is 30.3 Å². The van der Waals surface area contributed by atoms with Crippen molar-refractivity contribution in [2.75, 3.05) is 20.8 Å². The van der Waals surface area contributed by atoms with Crippen molar-refractivity contribution < 1.29 is 28.9 Å². The van der Waals surface area contributed by atoms with Gasteiger partial charge in [0.1, 0.15) is 17.2 Å². The topological polar surface area (TPSA) is 99.9 Å². The number of ketones is 1. The zero-order valence-electron chi connectivity index (χ0n) is 18.9. The van der Waals surface area contributed by atoms with Crippen LogP contribution >= 0.6 is 0 Å². The van der Waals surface area contributed by atoms with E-state index in [-0.39, 0.29) is 11.6 Å². The van der Waals surface area contributed by atoms with Gasteiger partial charge in [0.15, 0.2) is 12.4 Å². The molecule has 0 unspecified atom stereocenters. The molecule has 4 aromatic rings. The summed E-state index contributed by atoms with van der Waals surface area (Å²) < 4.78 is 17.8. The maximum absolute atomic E-state index is 13.6. The zero-order chi connectivity index (χ0) is 24.1. The number of imidazole rings is 1. The zero-order valence-corrected chi connectivity index (χ0v) is 18.9. The summed E-state index contributed by atoms with van der Waals surface area (Å²) in [5.41, 5.74) is 2.78. The van der Waals surface area contributed by atoms with Crippen LogP contribution in [0.5, 0.6) is 17.2 Å². The Balaban J connectivity index is 1.77. The predicted molar refractivity (Wildman–Crippen MR) is 126 cm³/mol. The Morgan fingerprint density at radius 1 is 0.912 bits per heavy atom. The van der Waals surface area contributed by atoms with Gasteiger partial charge in [0.25, 0.3) is 0 Å². The molecule has 8 nitrogen and oxygen atoms in total. The van der Waals surface area contributed by atoms with Crippen LogP contribution in [0.15, 0.2) is 66.7 Å². The average molecular weight is 460 g/mol. The van der Waals surface area contributed by atoms with E-state index in [2.05, 4.69) is 4.98 Å². The lowest BCUT2D eigenvalue weighted by Crippen LogP contribution is -2.13. The second-order valence-electron chi connectivity index (χ2n) is 7.59. The van der Waals surface area contributed by atoms with Crippen molar-refractivity contribution in [2.24, 2.45) is 0 Å². The number of carbonyl (C=O) groups is 2. The second-order valence-corrected chi connectivity index (χ2v) is 7.59. The maximum atomic E-state index is 13.6. The number of aromatic nitrogens is 2. The Labute approximate surface area is 196 Å². The third-order valence-electron chi connectivity index (χ3n) is 5.37. The van der Waals surface area contributed by atoms with Gasteiger partial charge < -0.3 is 23.9 Å². The lowest BCUT2D eigenvalue weighted by molar-refractivity contribution is -0.139. The van der Waals surface area contributed by atoms with E-state index in [1.54, 1.807) is 36.4 Å². The Morgan fingerprint density at radius 3 is 2.26 bits per heavy atom. The van der Waals surface area contributed by atoms with Crippen LogP contribution in [0.1, 0.15) is 21.7 Å². The van der Waals surface area contributed by atoms with Gasteiger partial charge in [-0.3, -0.25) is 4.79 Å². The second kappa shape index (κ2) is 10.1. The maximum Gasteiger partial charge on any atom is 0.341 e. The van der Waals surface area contributed by atoms with E-state index >= 15 is 0 Å². The highest BCUT2D eigenvalue weighted by Crippen LogP contribution is 2.27. The highest BCUT2D eigenvalue weighted by molar-refractivity contribution is 6.08. The molecule has 0 fully saturated rings. The van der Waals surface area contributed by atoms with Gasteiger partial charge in [0.2, 0.25) is 5.78 Å². The third-order valence-corrected chi connectivity index (χ3v) is 5.37. The molecule has 4 rings (SSSR count). The molecule has 0 saturated heterocycles. The van der Waals surface area contributed by atoms with Gasteiger partial charge >= 0.3 is 5.97 Å². The quantitative estimate of drug-likeness (QED) is 0.357. The van der Waals surface area contributed by atoms with Crippen molar-refractivity contribution in [3.8, 4) is 17.2 Å². The lowest BCUT2D eigenvalue weighted by Gasteiger charge is -2.11. The number of nitrogens with zero attached hydrogens (tertiary/aromatic N) is 2. The van der Waals surface area contributed by atoms with Gasteiger partial charge in [-0.15, -0.1) is 0 Å². The van der Waals surface area contributed by atoms with Crippen molar-refractivity contribution >= 4 is 22.8 Å². The fourth-order valence-corrected chi connectivity index (χ4v) is 3.69. The van der Waals surface area contributed by atoms with Crippen molar-refractivity contribution in [3.05, 3.63) is 83.7 Å². The summed E-state index contributed by atoms with van der Waals surface area (Å²) in [6.07, 6.45) is 0.675. The van der Waals surface area contributed by atoms with E-state index < -0.39 is 12.6 Å². The number of methoxy groups -OCH3 is 2. The van der Waals surface area contributed by atoms with Crippen LogP contribution in [0, 0.1) is 0 Å². The molecule has 0 saturated carbocycles. The molecule has 0 aliphatic carbocycles. The number of aliphatic carboxylic acids is 1. The molecule has 3 aromatic carbocycles. The molecule has 0 aliphatic heterocycles. The van der Waals surface area contributed by atoms with E-state index in [0.29, 0.717) is 46.8 Å². The van der Waals surface area contributed by atoms with Gasteiger partial charge in [0, 0.05) is 24.2 Å². The molecule has 1 aromatic heterocycles. The van der Waals surface area contributed by atoms with Crippen LogP contribution < -0.4 is 14.2 Å². The van der Waals surface area contributed by atoms with Crippen LogP contribution in [0.2, 0.25) is 0 Å². The minimum absolute atomic E-state index is 0.261. The third kappa shape index (κ3) is 5.01. The molecular weight excluding hydrogens is 436 g/mol. The monoisotopic (exact) mass is 460 g/mol. The minimum Gasteiger partial charge on any atom is -0.497 e. The Bertz CT molecular complexity index is 1310. The van der Waals surface area contributed by atoms with E-state index in [0.717, 1.165) is 5.56 Å². The summed E-state index contributed by atoms with van der Waals surface area (Å²) in [6, 6.07) is 20.0. The smallest absolute Gasteiger partial charge is 0.341 e. The first-order valence-electron chi connectivity index (χ1n) is 10.6. The summed E-state index contributed by atoms with van der Waals surface area (Å²) in [5, 5.41) is 8.93. The molecule has 8 heteroatoms. The number of hydrogen-bond acceptors (Lipinski definition) is 6. The molecule has 0 amide bonds. The lowest BCUT2D eigenvalue weighted by atomic mass is 10.1. The van der Waals surface area contributed by atoms with Crippen LogP contribution in [0.3, 0.4) is 0 Å². The number of fused-ring (bicyclic) bond motifs is 1. The largest absolute Gasteiger partial charge is 0.497 e. The summed E-state index contributed by atoms with van der Waals surface area (Å²) >= 11 is 0. The van der Waals surface area contributed by atoms with Gasteiger partial charge in [-0.05, 0) is 36.2 Å². The minimum atomic E-state index is -1.07. The normalized spacial score (nSPS) is 10.8. The van der Waals surface area contributed by atoms with E-state index in [4.69, 9.17) is 19.3 Å². The summed E-state index contributed by atoms with van der Waals surface area (Å²) in [4.78, 5) is 29.1. The van der Waals surface area contributed by atoms with Crippen molar-refractivity contribution in [1.29, 1.82) is 0 Å². The SMILES string of the molecule is COc1cc(OC)cc(C(=O)c2nc3ccc(OCC(=O)O)cc3n2CCc2ccccc2)c1. The molecule has 0 atom stereocenters. The predicted octanol–water partition coefficient (Wildman–Crippen LogP) is 3.99. The molecule has 34 heavy (non-hydrogen) atoms. The fourth-order valence-electron chi connectivity index (χ4n) is 3.69. The van der Waals surface area contributed by atoms with Crippen LogP contribution in [0.4, 0.5) is 0 Å². The number of carbonyl (C=O) groups excluding carboxylic acids is 1. The first-order chi connectivity index (χ1) is 16.5. The molecular formula is C26H24N2O6. The number of rotatable bonds is 10. The Kier molecular flexibility index (Phi) is 6.77. The summed E-state index contributed by atoms with van der Waals surface area (Å²) in [6.45, 7) is 0.0319. The first kappa shape index (κ1) is 22.8. The molecule has 0 bridgehead atoms. The number of ether oxygens (including phenoxy) is 3. The summed E-state index contributed by atoms with van der Waals surface area (Å²) in [7, 11) is 3.05. The number of aryl methyl sites for hydroxylation is 2. The van der Waals surface area contributed by atoms with E-state index in [1.807, 2.05) is 34.9 Å². The molecule has 174 valence electrons. The van der Waals surface area contributed by atoms with Gasteiger partial charge in [0.05, 0.1) is 25.3 Å². The molecule has 1 heterocycles. The fraction of sp³-hybridized carbons (Fsp3) is 0.192. The van der Waals surface area contributed by atoms with Crippen molar-refractivity contribution in [2.45, 2.75) is 13.0 Å². The summed E-state index contributed by atoms with van der Waals surface area (Å²) in [5.74, 6) is 0.294. The standard InChI is InChI=1S/C26H24N2O6/c1-32-20-12-18(13-21(14-20)33-2)25(31)26-27-22-9-8-19(34-16-24(29)30)15-23(22)28(26)11-10-17-6-4-3-5-7-17/h3-9,12-15H,10-11,16H2,1-2H3,(H,29,30). The highest BCUT2D eigenvalue weighted by atomic mass is 16.5. The van der Waals surface area contributed by atoms with Gasteiger partial charge in [-0.25, -0.2) is 9.78 Å². The van der Waals surface area contributed by atoms with Crippen LogP contribution in [0.25, 0.3) is 11.0 Å². The van der Waals surface area contributed by atoms with E-state index in [1.165, 1.54) is 14.2 Å². The Hall–Kier alpha value is -4.33. The van der Waals surface area contributed by atoms with Crippen LogP contribution in [-0.2, 0) is 17.8 Å². The molecule has 1 N–H and O–H groups in total. The molecule has 0 aliphatic rings. The van der Waals surface area contributed by atoms with E-state index in [9.17, 15) is 9.59 Å². The van der Waals surface area contributed by atoms with Crippen molar-refractivity contribution in [1.82, 2.24) is 9.55 Å². The number of benzene rings is 3. The van der Waals surface area contributed by atoms with Crippen LogP contribution in [-0.4, -0.2) is 47.2 Å². The molecule has 0 spiro atoms. The number of hydrogen-bond donors (Lipinski definition) is 1. The number of carboxylic acids is 1. The molecule has 0 radical (unpaired) electrons.